The van der Waals surface area contributed by atoms with Crippen LogP contribution in [0.4, 0.5) is 0 Å². The van der Waals surface area contributed by atoms with Crippen LogP contribution in [0, 0.1) is 0 Å². The molecule has 0 saturated carbocycles. The van der Waals surface area contributed by atoms with E-state index in [1.165, 1.54) is 0 Å². The predicted octanol–water partition coefficient (Wildman–Crippen LogP) is 1.29. The molecule has 116 valence electrons. The lowest BCUT2D eigenvalue weighted by Crippen LogP contribution is -2.54. The van der Waals surface area contributed by atoms with Crippen molar-refractivity contribution in [3.05, 3.63) is 42.0 Å². The highest BCUT2D eigenvalue weighted by atomic mass is 16.3. The quantitative estimate of drug-likeness (QED) is 0.877. The highest BCUT2D eigenvalue weighted by Gasteiger charge is 2.28. The molecule has 2 N–H and O–H groups in total. The van der Waals surface area contributed by atoms with Gasteiger partial charge in [0.2, 0.25) is 0 Å². The van der Waals surface area contributed by atoms with Gasteiger partial charge < -0.3 is 15.1 Å². The number of amides is 1. The summed E-state index contributed by atoms with van der Waals surface area (Å²) in [7, 11) is 1.94. The molecule has 5 nitrogen and oxygen atoms in total. The van der Waals surface area contributed by atoms with Crippen LogP contribution in [0.15, 0.2) is 36.4 Å². The lowest BCUT2D eigenvalue weighted by Gasteiger charge is -2.38. The van der Waals surface area contributed by atoms with E-state index in [4.69, 9.17) is 0 Å². The summed E-state index contributed by atoms with van der Waals surface area (Å²) < 4.78 is 0. The molecule has 0 aromatic heterocycles. The lowest BCUT2D eigenvalue weighted by molar-refractivity contribution is 0.0419. The zero-order chi connectivity index (χ0) is 15.7. The van der Waals surface area contributed by atoms with Gasteiger partial charge in [-0.15, -0.1) is 0 Å². The summed E-state index contributed by atoms with van der Waals surface area (Å²) in [4.78, 5) is 16.4. The van der Waals surface area contributed by atoms with Gasteiger partial charge in [0, 0.05) is 19.6 Å². The van der Waals surface area contributed by atoms with E-state index in [0.29, 0.717) is 25.2 Å². The van der Waals surface area contributed by atoms with Gasteiger partial charge in [-0.25, -0.2) is 0 Å². The van der Waals surface area contributed by atoms with Crippen LogP contribution in [0.3, 0.4) is 0 Å². The van der Waals surface area contributed by atoms with Crippen molar-refractivity contribution in [1.29, 1.82) is 0 Å². The summed E-state index contributed by atoms with van der Waals surface area (Å²) in [5.74, 6) is -0.182. The molecule has 0 spiro atoms. The van der Waals surface area contributed by atoms with Gasteiger partial charge in [-0.3, -0.25) is 9.69 Å². The maximum atomic E-state index is 12.7. The molecular weight excluding hydrogens is 280 g/mol. The first kappa shape index (κ1) is 14.8. The number of benzene rings is 2. The third-order valence-electron chi connectivity index (χ3n) is 4.37. The summed E-state index contributed by atoms with van der Waals surface area (Å²) >= 11 is 0. The summed E-state index contributed by atoms with van der Waals surface area (Å²) in [5.41, 5.74) is 0.319. The number of aliphatic hydroxyl groups excluding tert-OH is 1. The Morgan fingerprint density at radius 2 is 1.91 bits per heavy atom. The average Bonchev–Trinajstić information content (AvgIpc) is 2.54. The van der Waals surface area contributed by atoms with E-state index < -0.39 is 0 Å². The van der Waals surface area contributed by atoms with Gasteiger partial charge in [0.25, 0.3) is 5.91 Å². The topological polar surface area (TPSA) is 64.0 Å². The fourth-order valence-corrected chi connectivity index (χ4v) is 2.90. The van der Waals surface area contributed by atoms with Gasteiger partial charge in [0.1, 0.15) is 5.75 Å². The third-order valence-corrected chi connectivity index (χ3v) is 4.37. The number of nitrogens with zero attached hydrogens (tertiary/aromatic N) is 2. The molecular formula is C17H20N2O3. The maximum absolute atomic E-state index is 12.7. The number of phenolic OH excluding ortho intramolecular Hbond substituents is 1. The number of fused-ring (bicyclic) bond motifs is 1. The van der Waals surface area contributed by atoms with Crippen molar-refractivity contribution in [2.24, 2.45) is 0 Å². The predicted molar refractivity (Wildman–Crippen MR) is 85.0 cm³/mol. The van der Waals surface area contributed by atoms with Crippen molar-refractivity contribution in [2.75, 3.05) is 33.3 Å². The molecule has 1 unspecified atom stereocenters. The Balaban J connectivity index is 1.90. The molecule has 0 aliphatic carbocycles. The maximum Gasteiger partial charge on any atom is 0.257 e. The SMILES string of the molecule is CN1CCN(C(=O)c2cc3ccccc3cc2O)CC1CO. The smallest absolute Gasteiger partial charge is 0.257 e. The average molecular weight is 300 g/mol. The van der Waals surface area contributed by atoms with E-state index >= 15 is 0 Å². The Labute approximate surface area is 129 Å². The van der Waals surface area contributed by atoms with Crippen molar-refractivity contribution in [2.45, 2.75) is 6.04 Å². The number of hydrogen-bond acceptors (Lipinski definition) is 4. The Kier molecular flexibility index (Phi) is 4.00. The van der Waals surface area contributed by atoms with Gasteiger partial charge in [-0.05, 0) is 30.0 Å². The number of aliphatic hydroxyl groups is 1. The molecule has 0 radical (unpaired) electrons. The van der Waals surface area contributed by atoms with E-state index in [2.05, 4.69) is 0 Å². The zero-order valence-corrected chi connectivity index (χ0v) is 12.6. The van der Waals surface area contributed by atoms with Crippen molar-refractivity contribution in [3.8, 4) is 5.75 Å². The minimum absolute atomic E-state index is 0.00294. The highest BCUT2D eigenvalue weighted by molar-refractivity contribution is 6.01. The second-order valence-corrected chi connectivity index (χ2v) is 5.78. The minimum atomic E-state index is -0.185. The summed E-state index contributed by atoms with van der Waals surface area (Å²) in [6, 6.07) is 10.9. The first-order valence-corrected chi connectivity index (χ1v) is 7.42. The second kappa shape index (κ2) is 5.94. The Morgan fingerprint density at radius 1 is 1.23 bits per heavy atom. The van der Waals surface area contributed by atoms with Crippen LogP contribution >= 0.6 is 0 Å². The molecule has 0 bridgehead atoms. The molecule has 1 aliphatic heterocycles. The first-order chi connectivity index (χ1) is 10.6. The highest BCUT2D eigenvalue weighted by Crippen LogP contribution is 2.26. The summed E-state index contributed by atoms with van der Waals surface area (Å²) in [6.07, 6.45) is 0. The number of aromatic hydroxyl groups is 1. The number of rotatable bonds is 2. The normalized spacial score (nSPS) is 19.5. The molecule has 1 fully saturated rings. The van der Waals surface area contributed by atoms with Crippen LogP contribution in [-0.4, -0.2) is 65.3 Å². The van der Waals surface area contributed by atoms with Crippen molar-refractivity contribution in [3.63, 3.8) is 0 Å². The van der Waals surface area contributed by atoms with Gasteiger partial charge in [0.15, 0.2) is 0 Å². The molecule has 1 amide bonds. The fourth-order valence-electron chi connectivity index (χ4n) is 2.90. The molecule has 3 rings (SSSR count). The van der Waals surface area contributed by atoms with E-state index in [-0.39, 0.29) is 24.3 Å². The molecule has 2 aromatic rings. The van der Waals surface area contributed by atoms with Crippen molar-refractivity contribution in [1.82, 2.24) is 9.80 Å². The van der Waals surface area contributed by atoms with Gasteiger partial charge in [0.05, 0.1) is 18.2 Å². The van der Waals surface area contributed by atoms with Crippen LogP contribution < -0.4 is 0 Å². The molecule has 2 aromatic carbocycles. The minimum Gasteiger partial charge on any atom is -0.507 e. The van der Waals surface area contributed by atoms with E-state index in [9.17, 15) is 15.0 Å². The number of likely N-dealkylation sites (N-methyl/N-ethyl adjacent to an activating group) is 1. The molecule has 1 aliphatic rings. The van der Waals surface area contributed by atoms with Crippen LogP contribution in [0.1, 0.15) is 10.4 Å². The molecule has 5 heteroatoms. The summed E-state index contributed by atoms with van der Waals surface area (Å²) in [6.45, 7) is 1.80. The van der Waals surface area contributed by atoms with Crippen LogP contribution in [-0.2, 0) is 0 Å². The number of piperazine rings is 1. The third kappa shape index (κ3) is 2.65. The Bertz CT molecular complexity index is 701. The van der Waals surface area contributed by atoms with E-state index in [1.807, 2.05) is 36.2 Å². The first-order valence-electron chi connectivity index (χ1n) is 7.42. The second-order valence-electron chi connectivity index (χ2n) is 5.78. The molecule has 1 heterocycles. The number of hydrogen-bond donors (Lipinski definition) is 2. The van der Waals surface area contributed by atoms with Crippen molar-refractivity contribution >= 4 is 16.7 Å². The van der Waals surface area contributed by atoms with Crippen molar-refractivity contribution < 1.29 is 15.0 Å². The molecule has 22 heavy (non-hydrogen) atoms. The van der Waals surface area contributed by atoms with Crippen LogP contribution in [0.2, 0.25) is 0 Å². The standard InChI is InChI=1S/C17H20N2O3/c1-18-6-7-19(10-14(18)11-20)17(22)15-8-12-4-2-3-5-13(12)9-16(15)21/h2-5,8-9,14,20-21H,6-7,10-11H2,1H3. The number of phenols is 1. The Hall–Kier alpha value is -2.11. The van der Waals surface area contributed by atoms with Crippen LogP contribution in [0.5, 0.6) is 5.75 Å². The monoisotopic (exact) mass is 300 g/mol. The molecule has 1 saturated heterocycles. The molecule has 1 atom stereocenters. The van der Waals surface area contributed by atoms with E-state index in [0.717, 1.165) is 10.8 Å². The zero-order valence-electron chi connectivity index (χ0n) is 12.6. The fraction of sp³-hybridized carbons (Fsp3) is 0.353. The largest absolute Gasteiger partial charge is 0.507 e. The lowest BCUT2D eigenvalue weighted by atomic mass is 10.0. The summed E-state index contributed by atoms with van der Waals surface area (Å²) in [5, 5.41) is 21.4. The number of carbonyl (C=O) groups excluding carboxylic acids is 1. The number of carbonyl (C=O) groups is 1. The Morgan fingerprint density at radius 3 is 2.59 bits per heavy atom. The van der Waals surface area contributed by atoms with Gasteiger partial charge >= 0.3 is 0 Å². The van der Waals surface area contributed by atoms with Crippen LogP contribution in [0.25, 0.3) is 10.8 Å². The van der Waals surface area contributed by atoms with E-state index in [1.54, 1.807) is 17.0 Å². The van der Waals surface area contributed by atoms with Gasteiger partial charge in [-0.1, -0.05) is 24.3 Å². The van der Waals surface area contributed by atoms with Gasteiger partial charge in [-0.2, -0.15) is 0 Å².